The van der Waals surface area contributed by atoms with Crippen molar-refractivity contribution in [3.8, 4) is 5.75 Å². The van der Waals surface area contributed by atoms with E-state index in [0.717, 1.165) is 4.47 Å². The lowest BCUT2D eigenvalue weighted by Gasteiger charge is -2.12. The molecule has 0 spiro atoms. The average molecular weight is 537 g/mol. The first-order valence-electron chi connectivity index (χ1n) is 10.9. The lowest BCUT2D eigenvalue weighted by Crippen LogP contribution is -2.23. The number of anilines is 1. The molecule has 0 bridgehead atoms. The van der Waals surface area contributed by atoms with E-state index in [0.29, 0.717) is 33.7 Å². The van der Waals surface area contributed by atoms with Gasteiger partial charge in [-0.25, -0.2) is 9.37 Å². The summed E-state index contributed by atoms with van der Waals surface area (Å²) in [6, 6.07) is 17.8. The molecule has 3 aromatic carbocycles. The van der Waals surface area contributed by atoms with Crippen LogP contribution in [0.1, 0.15) is 31.2 Å². The fraction of sp³-hybridized carbons (Fsp3) is 0.154. The van der Waals surface area contributed by atoms with Gasteiger partial charge in [-0.3, -0.25) is 9.59 Å². The number of nitrogens with zero attached hydrogens (tertiary/aromatic N) is 3. The normalized spacial score (nSPS) is 11.3. The molecule has 0 radical (unpaired) electrons. The fourth-order valence-electron chi connectivity index (χ4n) is 3.36. The lowest BCUT2D eigenvalue weighted by atomic mass is 10.2. The topological polar surface area (TPSA) is 85.6 Å². The Morgan fingerprint density at radius 3 is 2.66 bits per heavy atom. The average Bonchev–Trinajstić information content (AvgIpc) is 2.84. The molecule has 35 heavy (non-hydrogen) atoms. The van der Waals surface area contributed by atoms with Gasteiger partial charge in [-0.05, 0) is 54.6 Å². The first-order valence-corrected chi connectivity index (χ1v) is 11.6. The molecular formula is C26H22BrFN4O3. The summed E-state index contributed by atoms with van der Waals surface area (Å²) >= 11 is 3.40. The maximum Gasteiger partial charge on any atom is 0.282 e. The van der Waals surface area contributed by atoms with Gasteiger partial charge in [0.2, 0.25) is 0 Å². The number of para-hydroxylation sites is 1. The van der Waals surface area contributed by atoms with Crippen LogP contribution in [-0.2, 0) is 4.79 Å². The summed E-state index contributed by atoms with van der Waals surface area (Å²) in [5.74, 6) is 0.112. The number of carbonyl (C=O) groups excluding carboxylic acids is 1. The molecule has 1 aromatic heterocycles. The van der Waals surface area contributed by atoms with Crippen molar-refractivity contribution in [3.05, 3.63) is 98.8 Å². The van der Waals surface area contributed by atoms with Gasteiger partial charge in [0.05, 0.1) is 17.1 Å². The summed E-state index contributed by atoms with van der Waals surface area (Å²) in [4.78, 5) is 30.1. The van der Waals surface area contributed by atoms with Crippen LogP contribution in [0.25, 0.3) is 10.9 Å². The smallest absolute Gasteiger partial charge is 0.282 e. The number of amides is 1. The van der Waals surface area contributed by atoms with Gasteiger partial charge in [-0.1, -0.05) is 41.9 Å². The van der Waals surface area contributed by atoms with Gasteiger partial charge < -0.3 is 10.1 Å². The van der Waals surface area contributed by atoms with E-state index in [1.165, 1.54) is 35.2 Å². The van der Waals surface area contributed by atoms with Gasteiger partial charge in [-0.2, -0.15) is 9.78 Å². The fourth-order valence-corrected chi connectivity index (χ4v) is 3.72. The Bertz CT molecular complexity index is 1470. The standard InChI is InChI=1S/C26H22BrFN4O3/c1-16(2)25-31-22-12-7-18(27)13-21(22)26(34)32(25)29-14-17-5-3-4-6-23(17)35-15-24(33)30-20-10-8-19(28)9-11-20/h3-14,16H,15H2,1-2H3,(H,30,33). The molecule has 4 rings (SSSR count). The number of halogens is 2. The molecule has 0 unspecified atom stereocenters. The van der Waals surface area contributed by atoms with Crippen molar-refractivity contribution in [2.75, 3.05) is 11.9 Å². The number of benzene rings is 3. The monoisotopic (exact) mass is 536 g/mol. The zero-order valence-electron chi connectivity index (χ0n) is 19.0. The third-order valence-corrected chi connectivity index (χ3v) is 5.56. The van der Waals surface area contributed by atoms with E-state index < -0.39 is 5.91 Å². The van der Waals surface area contributed by atoms with E-state index in [2.05, 4.69) is 31.3 Å². The van der Waals surface area contributed by atoms with Crippen LogP contribution in [0.15, 0.2) is 81.1 Å². The number of hydrogen-bond donors (Lipinski definition) is 1. The van der Waals surface area contributed by atoms with Crippen molar-refractivity contribution in [2.45, 2.75) is 19.8 Å². The minimum Gasteiger partial charge on any atom is -0.483 e. The maximum absolute atomic E-state index is 13.2. The van der Waals surface area contributed by atoms with Crippen LogP contribution in [-0.4, -0.2) is 28.4 Å². The van der Waals surface area contributed by atoms with E-state index in [9.17, 15) is 14.0 Å². The van der Waals surface area contributed by atoms with Crippen molar-refractivity contribution in [2.24, 2.45) is 5.10 Å². The van der Waals surface area contributed by atoms with Crippen molar-refractivity contribution >= 4 is 44.6 Å². The Morgan fingerprint density at radius 1 is 1.17 bits per heavy atom. The molecule has 0 aliphatic carbocycles. The molecular weight excluding hydrogens is 515 g/mol. The molecule has 0 atom stereocenters. The molecule has 4 aromatic rings. The van der Waals surface area contributed by atoms with Crippen LogP contribution in [0.2, 0.25) is 0 Å². The van der Waals surface area contributed by atoms with E-state index in [1.54, 1.807) is 36.4 Å². The molecule has 0 fully saturated rings. The zero-order chi connectivity index (χ0) is 24.9. The number of aromatic nitrogens is 2. The molecule has 9 heteroatoms. The van der Waals surface area contributed by atoms with E-state index in [1.807, 2.05) is 19.9 Å². The number of hydrogen-bond acceptors (Lipinski definition) is 5. The molecule has 0 saturated carbocycles. The summed E-state index contributed by atoms with van der Waals surface area (Å²) in [7, 11) is 0. The Balaban J connectivity index is 1.58. The second kappa shape index (κ2) is 10.6. The SMILES string of the molecule is CC(C)c1nc2ccc(Br)cc2c(=O)n1N=Cc1ccccc1OCC(=O)Nc1ccc(F)cc1. The van der Waals surface area contributed by atoms with Gasteiger partial charge in [0, 0.05) is 21.6 Å². The minimum absolute atomic E-state index is 0.0467. The molecule has 0 saturated heterocycles. The third-order valence-electron chi connectivity index (χ3n) is 5.07. The summed E-state index contributed by atoms with van der Waals surface area (Å²) in [5, 5.41) is 7.52. The summed E-state index contributed by atoms with van der Waals surface area (Å²) in [6.07, 6.45) is 1.51. The molecule has 1 amide bonds. The third kappa shape index (κ3) is 5.81. The van der Waals surface area contributed by atoms with Crippen molar-refractivity contribution in [3.63, 3.8) is 0 Å². The quantitative estimate of drug-likeness (QED) is 0.324. The van der Waals surface area contributed by atoms with E-state index in [4.69, 9.17) is 4.74 Å². The predicted molar refractivity (Wildman–Crippen MR) is 138 cm³/mol. The molecule has 0 aliphatic heterocycles. The van der Waals surface area contributed by atoms with Gasteiger partial charge >= 0.3 is 0 Å². The van der Waals surface area contributed by atoms with E-state index in [-0.39, 0.29) is 23.9 Å². The highest BCUT2D eigenvalue weighted by molar-refractivity contribution is 9.10. The Labute approximate surface area is 209 Å². The van der Waals surface area contributed by atoms with Crippen molar-refractivity contribution < 1.29 is 13.9 Å². The zero-order valence-corrected chi connectivity index (χ0v) is 20.6. The Hall–Kier alpha value is -3.85. The number of carbonyl (C=O) groups is 1. The predicted octanol–water partition coefficient (Wildman–Crippen LogP) is 5.32. The van der Waals surface area contributed by atoms with Crippen LogP contribution in [0, 0.1) is 5.82 Å². The second-order valence-electron chi connectivity index (χ2n) is 8.03. The van der Waals surface area contributed by atoms with Gasteiger partial charge in [0.25, 0.3) is 11.5 Å². The Morgan fingerprint density at radius 2 is 1.91 bits per heavy atom. The molecule has 7 nitrogen and oxygen atoms in total. The van der Waals surface area contributed by atoms with E-state index >= 15 is 0 Å². The molecule has 178 valence electrons. The highest BCUT2D eigenvalue weighted by atomic mass is 79.9. The van der Waals surface area contributed by atoms with Crippen LogP contribution >= 0.6 is 15.9 Å². The second-order valence-corrected chi connectivity index (χ2v) is 8.94. The number of ether oxygens (including phenoxy) is 1. The first-order chi connectivity index (χ1) is 16.8. The summed E-state index contributed by atoms with van der Waals surface area (Å²) in [5.41, 5.74) is 1.36. The van der Waals surface area contributed by atoms with Crippen LogP contribution in [0.4, 0.5) is 10.1 Å². The van der Waals surface area contributed by atoms with Crippen molar-refractivity contribution in [1.29, 1.82) is 0 Å². The first kappa shape index (κ1) is 24.3. The van der Waals surface area contributed by atoms with Crippen LogP contribution in [0.5, 0.6) is 5.75 Å². The van der Waals surface area contributed by atoms with Gasteiger partial charge in [0.1, 0.15) is 17.4 Å². The summed E-state index contributed by atoms with van der Waals surface area (Å²) in [6.45, 7) is 3.62. The minimum atomic E-state index is -0.397. The number of nitrogens with one attached hydrogen (secondary N) is 1. The highest BCUT2D eigenvalue weighted by Crippen LogP contribution is 2.20. The Kier molecular flexibility index (Phi) is 7.36. The van der Waals surface area contributed by atoms with Gasteiger partial charge in [0.15, 0.2) is 6.61 Å². The molecule has 0 aliphatic rings. The molecule has 1 N–H and O–H groups in total. The molecule has 1 heterocycles. The maximum atomic E-state index is 13.2. The summed E-state index contributed by atoms with van der Waals surface area (Å²) < 4.78 is 20.8. The highest BCUT2D eigenvalue weighted by Gasteiger charge is 2.14. The number of rotatable bonds is 7. The lowest BCUT2D eigenvalue weighted by molar-refractivity contribution is -0.118. The van der Waals surface area contributed by atoms with Crippen LogP contribution < -0.4 is 15.6 Å². The van der Waals surface area contributed by atoms with Crippen molar-refractivity contribution in [1.82, 2.24) is 9.66 Å². The van der Waals surface area contributed by atoms with Crippen LogP contribution in [0.3, 0.4) is 0 Å². The largest absolute Gasteiger partial charge is 0.483 e. The van der Waals surface area contributed by atoms with Gasteiger partial charge in [-0.15, -0.1) is 0 Å². The number of fused-ring (bicyclic) bond motifs is 1.